The zero-order valence-electron chi connectivity index (χ0n) is 11.3. The van der Waals surface area contributed by atoms with Gasteiger partial charge in [-0.15, -0.1) is 0 Å². The second-order valence-corrected chi connectivity index (χ2v) is 5.55. The maximum Gasteiger partial charge on any atom is 0.126 e. The molecule has 0 spiro atoms. The molecule has 0 amide bonds. The third-order valence-electron chi connectivity index (χ3n) is 3.82. The van der Waals surface area contributed by atoms with Gasteiger partial charge in [0.1, 0.15) is 5.54 Å². The molecule has 1 fully saturated rings. The average Bonchev–Trinajstić information content (AvgIpc) is 2.64. The van der Waals surface area contributed by atoms with Crippen LogP contribution in [0, 0.1) is 11.3 Å². The van der Waals surface area contributed by atoms with Gasteiger partial charge in [-0.1, -0.05) is 18.5 Å². The Kier molecular flexibility index (Phi) is 4.68. The van der Waals surface area contributed by atoms with Crippen LogP contribution in [0.3, 0.4) is 0 Å². The third kappa shape index (κ3) is 3.62. The molecule has 0 aromatic heterocycles. The Bertz CT molecular complexity index is 451. The van der Waals surface area contributed by atoms with Gasteiger partial charge in [0.25, 0.3) is 0 Å². The Hall–Kier alpha value is -1.24. The van der Waals surface area contributed by atoms with Crippen LogP contribution < -0.4 is 5.32 Å². The van der Waals surface area contributed by atoms with Crippen molar-refractivity contribution in [1.82, 2.24) is 4.90 Å². The molecule has 1 aromatic rings. The SMILES string of the molecule is CCN1CCCC(C#N)(Nc2ccc(Cl)cc2)CC1. The van der Waals surface area contributed by atoms with Gasteiger partial charge in [-0.3, -0.25) is 0 Å². The van der Waals surface area contributed by atoms with Crippen molar-refractivity contribution in [3.63, 3.8) is 0 Å². The van der Waals surface area contributed by atoms with Crippen LogP contribution in [0.5, 0.6) is 0 Å². The summed E-state index contributed by atoms with van der Waals surface area (Å²) in [5.74, 6) is 0. The number of anilines is 1. The Labute approximate surface area is 120 Å². The number of likely N-dealkylation sites (tertiary alicyclic amines) is 1. The van der Waals surface area contributed by atoms with E-state index in [9.17, 15) is 5.26 Å². The van der Waals surface area contributed by atoms with Crippen LogP contribution in [0.25, 0.3) is 0 Å². The molecule has 1 saturated heterocycles. The minimum absolute atomic E-state index is 0.447. The topological polar surface area (TPSA) is 39.1 Å². The lowest BCUT2D eigenvalue weighted by Gasteiger charge is -2.27. The molecule has 3 nitrogen and oxygen atoms in total. The first-order valence-electron chi connectivity index (χ1n) is 6.85. The summed E-state index contributed by atoms with van der Waals surface area (Å²) >= 11 is 5.89. The van der Waals surface area contributed by atoms with E-state index in [4.69, 9.17) is 11.6 Å². The van der Waals surface area contributed by atoms with Crippen molar-refractivity contribution in [2.75, 3.05) is 25.0 Å². The fraction of sp³-hybridized carbons (Fsp3) is 0.533. The zero-order chi connectivity index (χ0) is 13.7. The van der Waals surface area contributed by atoms with Gasteiger partial charge in [0.15, 0.2) is 0 Å². The number of benzene rings is 1. The Morgan fingerprint density at radius 3 is 2.68 bits per heavy atom. The highest BCUT2D eigenvalue weighted by molar-refractivity contribution is 6.30. The number of halogens is 1. The summed E-state index contributed by atoms with van der Waals surface area (Å²) in [7, 11) is 0. The number of nitrogens with one attached hydrogen (secondary N) is 1. The minimum Gasteiger partial charge on any atom is -0.367 e. The molecule has 1 atom stereocenters. The first-order chi connectivity index (χ1) is 9.17. The van der Waals surface area contributed by atoms with Crippen molar-refractivity contribution in [2.45, 2.75) is 31.7 Å². The van der Waals surface area contributed by atoms with Gasteiger partial charge < -0.3 is 10.2 Å². The summed E-state index contributed by atoms with van der Waals surface area (Å²) in [6.45, 7) is 5.29. The summed E-state index contributed by atoms with van der Waals surface area (Å²) in [6, 6.07) is 10.1. The molecule has 0 saturated carbocycles. The van der Waals surface area contributed by atoms with E-state index in [2.05, 4.69) is 23.2 Å². The van der Waals surface area contributed by atoms with E-state index in [1.54, 1.807) is 0 Å². The van der Waals surface area contributed by atoms with Gasteiger partial charge >= 0.3 is 0 Å². The summed E-state index contributed by atoms with van der Waals surface area (Å²) in [4.78, 5) is 2.41. The van der Waals surface area contributed by atoms with Crippen molar-refractivity contribution < 1.29 is 0 Å². The monoisotopic (exact) mass is 277 g/mol. The third-order valence-corrected chi connectivity index (χ3v) is 4.07. The molecule has 1 aliphatic rings. The van der Waals surface area contributed by atoms with Crippen LogP contribution in [0.2, 0.25) is 5.02 Å². The number of nitriles is 1. The van der Waals surface area contributed by atoms with E-state index >= 15 is 0 Å². The minimum atomic E-state index is -0.447. The van der Waals surface area contributed by atoms with Crippen LogP contribution in [0.4, 0.5) is 5.69 Å². The maximum absolute atomic E-state index is 9.58. The van der Waals surface area contributed by atoms with Gasteiger partial charge in [0.05, 0.1) is 6.07 Å². The van der Waals surface area contributed by atoms with Crippen LogP contribution in [-0.4, -0.2) is 30.1 Å². The first-order valence-corrected chi connectivity index (χ1v) is 7.22. The van der Waals surface area contributed by atoms with Crippen molar-refractivity contribution in [2.24, 2.45) is 0 Å². The summed E-state index contributed by atoms with van der Waals surface area (Å²) in [6.07, 6.45) is 2.81. The van der Waals surface area contributed by atoms with Crippen LogP contribution in [-0.2, 0) is 0 Å². The van der Waals surface area contributed by atoms with Gasteiger partial charge in [-0.05, 0) is 56.6 Å². The van der Waals surface area contributed by atoms with Crippen molar-refractivity contribution >= 4 is 17.3 Å². The van der Waals surface area contributed by atoms with Gasteiger partial charge in [-0.2, -0.15) is 5.26 Å². The molecular weight excluding hydrogens is 258 g/mol. The lowest BCUT2D eigenvalue weighted by molar-refractivity contribution is 0.297. The Morgan fingerprint density at radius 1 is 1.32 bits per heavy atom. The standard InChI is InChI=1S/C15H20ClN3/c1-2-19-10-3-8-15(12-17,9-11-19)18-14-6-4-13(16)5-7-14/h4-7,18H,2-3,8-11H2,1H3. The highest BCUT2D eigenvalue weighted by atomic mass is 35.5. The number of nitrogens with zero attached hydrogens (tertiary/aromatic N) is 2. The summed E-state index contributed by atoms with van der Waals surface area (Å²) < 4.78 is 0. The Balaban J connectivity index is 2.10. The van der Waals surface area contributed by atoms with Crippen LogP contribution in [0.1, 0.15) is 26.2 Å². The normalized spacial score (nSPS) is 24.5. The predicted octanol–water partition coefficient (Wildman–Crippen LogP) is 3.52. The van der Waals surface area contributed by atoms with E-state index in [1.807, 2.05) is 24.3 Å². The van der Waals surface area contributed by atoms with Crippen molar-refractivity contribution in [3.8, 4) is 6.07 Å². The van der Waals surface area contributed by atoms with Crippen molar-refractivity contribution in [1.29, 1.82) is 5.26 Å². The van der Waals surface area contributed by atoms with Crippen LogP contribution in [0.15, 0.2) is 24.3 Å². The second kappa shape index (κ2) is 6.27. The quantitative estimate of drug-likeness (QED) is 0.919. The smallest absolute Gasteiger partial charge is 0.126 e. The molecule has 4 heteroatoms. The van der Waals surface area contributed by atoms with Crippen molar-refractivity contribution in [3.05, 3.63) is 29.3 Å². The van der Waals surface area contributed by atoms with Crippen LogP contribution >= 0.6 is 11.6 Å². The molecule has 19 heavy (non-hydrogen) atoms. The summed E-state index contributed by atoms with van der Waals surface area (Å²) in [5.41, 5.74) is 0.522. The lowest BCUT2D eigenvalue weighted by Crippen LogP contribution is -2.37. The molecule has 0 bridgehead atoms. The maximum atomic E-state index is 9.58. The molecule has 2 rings (SSSR count). The number of rotatable bonds is 3. The lowest BCUT2D eigenvalue weighted by atomic mass is 9.92. The molecule has 1 aliphatic heterocycles. The number of hydrogen-bond acceptors (Lipinski definition) is 3. The van der Waals surface area contributed by atoms with Gasteiger partial charge in [-0.25, -0.2) is 0 Å². The zero-order valence-corrected chi connectivity index (χ0v) is 12.1. The first kappa shape index (κ1) is 14.2. The van der Waals surface area contributed by atoms with Gasteiger partial charge in [0.2, 0.25) is 0 Å². The molecule has 0 aliphatic carbocycles. The highest BCUT2D eigenvalue weighted by Crippen LogP contribution is 2.27. The molecule has 1 N–H and O–H groups in total. The number of hydrogen-bond donors (Lipinski definition) is 1. The van der Waals surface area contributed by atoms with E-state index in [-0.39, 0.29) is 0 Å². The molecule has 1 unspecified atom stereocenters. The largest absolute Gasteiger partial charge is 0.367 e. The van der Waals surface area contributed by atoms with E-state index in [1.165, 1.54) is 0 Å². The molecule has 1 aromatic carbocycles. The fourth-order valence-corrected chi connectivity index (χ4v) is 2.71. The average molecular weight is 278 g/mol. The molecular formula is C15H20ClN3. The molecule has 0 radical (unpaired) electrons. The van der Waals surface area contributed by atoms with E-state index in [0.717, 1.165) is 49.6 Å². The molecule has 1 heterocycles. The highest BCUT2D eigenvalue weighted by Gasteiger charge is 2.32. The fourth-order valence-electron chi connectivity index (χ4n) is 2.58. The predicted molar refractivity (Wildman–Crippen MR) is 79.4 cm³/mol. The van der Waals surface area contributed by atoms with E-state index < -0.39 is 5.54 Å². The summed E-state index contributed by atoms with van der Waals surface area (Å²) in [5, 5.41) is 13.7. The van der Waals surface area contributed by atoms with Gasteiger partial charge in [0, 0.05) is 17.3 Å². The van der Waals surface area contributed by atoms with E-state index in [0.29, 0.717) is 0 Å². The second-order valence-electron chi connectivity index (χ2n) is 5.11. The molecule has 102 valence electrons. The Morgan fingerprint density at radius 2 is 2.05 bits per heavy atom.